The Morgan fingerprint density at radius 3 is 2.38 bits per heavy atom. The van der Waals surface area contributed by atoms with Crippen LogP contribution in [0.25, 0.3) is 0 Å². The van der Waals surface area contributed by atoms with E-state index >= 15 is 4.39 Å². The molecule has 0 aromatic heterocycles. The fraction of sp³-hybridized carbons (Fsp3) is 0.750. The summed E-state index contributed by atoms with van der Waals surface area (Å²) in [5, 5.41) is 2.52. The summed E-state index contributed by atoms with van der Waals surface area (Å²) in [4.78, 5) is 38.0. The zero-order valence-electron chi connectivity index (χ0n) is 24.2. The van der Waals surface area contributed by atoms with E-state index in [2.05, 4.69) is 23.9 Å². The molecule has 2 aliphatic carbocycles. The molecule has 5 atom stereocenters. The number of hydrogen-bond acceptors (Lipinski definition) is 7. The molecule has 0 aromatic rings. The monoisotopic (exact) mass is 570 g/mol. The van der Waals surface area contributed by atoms with Crippen LogP contribution in [0.4, 0.5) is 9.18 Å². The Hall–Kier alpha value is -2.43. The molecule has 2 saturated carbocycles. The Morgan fingerprint density at radius 1 is 1.21 bits per heavy atom. The van der Waals surface area contributed by atoms with Crippen molar-refractivity contribution in [2.45, 2.75) is 91.8 Å². The minimum atomic E-state index is -3.94. The first-order valence-electron chi connectivity index (χ1n) is 13.5. The fourth-order valence-electron chi connectivity index (χ4n) is 6.65. The molecule has 1 spiro atoms. The molecule has 2 amide bonds. The van der Waals surface area contributed by atoms with Crippen molar-refractivity contribution >= 4 is 28.0 Å². The summed E-state index contributed by atoms with van der Waals surface area (Å²) >= 11 is 0. The van der Waals surface area contributed by atoms with Crippen LogP contribution >= 0.6 is 0 Å². The lowest BCUT2D eigenvalue weighted by atomic mass is 9.69. The number of methoxy groups -OCH3 is 1. The fourth-order valence-corrected chi connectivity index (χ4v) is 9.23. The number of allylic oxidation sites excluding steroid dienone is 1. The van der Waals surface area contributed by atoms with Gasteiger partial charge in [0.1, 0.15) is 11.4 Å². The number of carbonyl (C=O) groups excluding carboxylic acids is 3. The molecule has 9 nitrogen and oxygen atoms in total. The van der Waals surface area contributed by atoms with E-state index in [1.54, 1.807) is 34.6 Å². The van der Waals surface area contributed by atoms with Crippen LogP contribution in [-0.2, 0) is 29.1 Å². The minimum absolute atomic E-state index is 0.106. The van der Waals surface area contributed by atoms with E-state index in [9.17, 15) is 22.8 Å². The van der Waals surface area contributed by atoms with Crippen molar-refractivity contribution in [1.82, 2.24) is 9.62 Å². The number of hydrogen-bond donors (Lipinski definition) is 1. The molecular formula is C28H43FN2O7S. The Kier molecular flexibility index (Phi) is 8.66. The average molecular weight is 571 g/mol. The topological polar surface area (TPSA) is 119 Å². The summed E-state index contributed by atoms with van der Waals surface area (Å²) in [7, 11) is -2.73. The summed E-state index contributed by atoms with van der Waals surface area (Å²) in [6, 6.07) is -1.59. The summed E-state index contributed by atoms with van der Waals surface area (Å²) in [6.07, 6.45) is 4.84. The van der Waals surface area contributed by atoms with Gasteiger partial charge in [0.2, 0.25) is 15.9 Å². The molecule has 1 N–H and O–H groups in total. The molecule has 2 bridgehead atoms. The molecule has 0 unspecified atom stereocenters. The normalized spacial score (nSPS) is 28.9. The third-order valence-electron chi connectivity index (χ3n) is 8.79. The van der Waals surface area contributed by atoms with Gasteiger partial charge in [-0.05, 0) is 69.8 Å². The maximum atomic E-state index is 15.7. The van der Waals surface area contributed by atoms with E-state index in [0.29, 0.717) is 12.3 Å². The second kappa shape index (κ2) is 10.9. The van der Waals surface area contributed by atoms with E-state index in [-0.39, 0.29) is 17.6 Å². The quantitative estimate of drug-likeness (QED) is 0.337. The van der Waals surface area contributed by atoms with Crippen molar-refractivity contribution in [3.63, 3.8) is 0 Å². The SMILES string of the molecule is COC(=O)/C=C/C[C@H](/C=C(\F)[C@@H](NC(=O)OC(C)(C)C)C(C)C)C(=O)N1[C@@H]2C[C@H]3CC[C@]2(CS1(=O)=O)C3(C)C. The Balaban J connectivity index is 1.96. The molecule has 0 radical (unpaired) electrons. The maximum Gasteiger partial charge on any atom is 0.408 e. The summed E-state index contributed by atoms with van der Waals surface area (Å²) in [6.45, 7) is 12.6. The number of esters is 1. The van der Waals surface area contributed by atoms with Gasteiger partial charge in [0.05, 0.1) is 30.9 Å². The van der Waals surface area contributed by atoms with Gasteiger partial charge < -0.3 is 14.8 Å². The predicted octanol–water partition coefficient (Wildman–Crippen LogP) is 4.49. The van der Waals surface area contributed by atoms with Crippen LogP contribution in [0, 0.1) is 28.6 Å². The number of ether oxygens (including phenoxy) is 2. The molecule has 1 saturated heterocycles. The molecule has 1 heterocycles. The molecule has 11 heteroatoms. The largest absolute Gasteiger partial charge is 0.466 e. The van der Waals surface area contributed by atoms with Crippen molar-refractivity contribution in [3.05, 3.63) is 24.1 Å². The first-order chi connectivity index (χ1) is 17.9. The molecule has 0 aromatic carbocycles. The highest BCUT2D eigenvalue weighted by Crippen LogP contribution is 2.70. The summed E-state index contributed by atoms with van der Waals surface area (Å²) < 4.78 is 53.5. The Morgan fingerprint density at radius 2 is 1.85 bits per heavy atom. The van der Waals surface area contributed by atoms with Gasteiger partial charge in [-0.25, -0.2) is 26.7 Å². The average Bonchev–Trinajstić information content (AvgIpc) is 3.27. The number of halogens is 1. The van der Waals surface area contributed by atoms with E-state index in [0.717, 1.165) is 29.3 Å². The van der Waals surface area contributed by atoms with Gasteiger partial charge in [0, 0.05) is 11.5 Å². The van der Waals surface area contributed by atoms with Gasteiger partial charge in [-0.1, -0.05) is 33.8 Å². The van der Waals surface area contributed by atoms with Crippen LogP contribution in [0.2, 0.25) is 0 Å². The third kappa shape index (κ3) is 6.02. The highest BCUT2D eigenvalue weighted by atomic mass is 32.2. The Bertz CT molecular complexity index is 1150. The number of amides is 2. The summed E-state index contributed by atoms with van der Waals surface area (Å²) in [5.41, 5.74) is -1.56. The van der Waals surface area contributed by atoms with Crippen LogP contribution in [0.5, 0.6) is 0 Å². The molecule has 220 valence electrons. The second-order valence-corrected chi connectivity index (χ2v) is 14.8. The van der Waals surface area contributed by atoms with Gasteiger partial charge >= 0.3 is 12.1 Å². The lowest BCUT2D eigenvalue weighted by Crippen LogP contribution is -2.46. The maximum absolute atomic E-state index is 15.7. The van der Waals surface area contributed by atoms with Crippen molar-refractivity contribution in [3.8, 4) is 0 Å². The van der Waals surface area contributed by atoms with E-state index in [1.807, 2.05) is 0 Å². The smallest absolute Gasteiger partial charge is 0.408 e. The van der Waals surface area contributed by atoms with Gasteiger partial charge in [-0.15, -0.1) is 0 Å². The molecule has 3 aliphatic rings. The van der Waals surface area contributed by atoms with Gasteiger partial charge in [-0.2, -0.15) is 0 Å². The van der Waals surface area contributed by atoms with Gasteiger partial charge in [0.25, 0.3) is 0 Å². The zero-order valence-corrected chi connectivity index (χ0v) is 25.1. The molecule has 3 rings (SSSR count). The number of fused-ring (bicyclic) bond motifs is 1. The van der Waals surface area contributed by atoms with Crippen LogP contribution in [0.1, 0.15) is 74.1 Å². The number of alkyl carbamates (subject to hydrolysis) is 1. The first kappa shape index (κ1) is 31.1. The molecular weight excluding hydrogens is 527 g/mol. The van der Waals surface area contributed by atoms with Crippen LogP contribution < -0.4 is 5.32 Å². The van der Waals surface area contributed by atoms with E-state index < -0.39 is 68.8 Å². The van der Waals surface area contributed by atoms with Crippen LogP contribution in [-0.4, -0.2) is 61.2 Å². The van der Waals surface area contributed by atoms with Crippen molar-refractivity contribution < 1.29 is 36.7 Å². The lowest BCUT2D eigenvalue weighted by molar-refractivity contribution is -0.135. The van der Waals surface area contributed by atoms with Crippen molar-refractivity contribution in [2.24, 2.45) is 28.6 Å². The number of rotatable bonds is 8. The highest BCUT2D eigenvalue weighted by molar-refractivity contribution is 7.90. The second-order valence-electron chi connectivity index (χ2n) is 12.9. The molecule has 1 aliphatic heterocycles. The van der Waals surface area contributed by atoms with E-state index in [4.69, 9.17) is 4.74 Å². The zero-order chi connectivity index (χ0) is 29.6. The third-order valence-corrected chi connectivity index (χ3v) is 10.7. The summed E-state index contributed by atoms with van der Waals surface area (Å²) in [5.74, 6) is -3.60. The van der Waals surface area contributed by atoms with Crippen molar-refractivity contribution in [1.29, 1.82) is 0 Å². The number of carbonyl (C=O) groups is 3. The van der Waals surface area contributed by atoms with Gasteiger partial charge in [-0.3, -0.25) is 4.79 Å². The highest BCUT2D eigenvalue weighted by Gasteiger charge is 2.72. The minimum Gasteiger partial charge on any atom is -0.466 e. The number of nitrogens with zero attached hydrogens (tertiary/aromatic N) is 1. The van der Waals surface area contributed by atoms with Crippen LogP contribution in [0.3, 0.4) is 0 Å². The van der Waals surface area contributed by atoms with Crippen LogP contribution in [0.15, 0.2) is 24.1 Å². The Labute approximate surface area is 231 Å². The molecule has 39 heavy (non-hydrogen) atoms. The standard InChI is InChI=1S/C28H43FN2O7S/c1-17(2)23(30-25(34)38-26(3,4)5)20(29)14-18(10-9-11-22(32)37-8)24(33)31-21-15-19-12-13-28(21,27(19,6)7)16-39(31,35)36/h9,11,14,17-19,21,23H,10,12-13,15-16H2,1-8H3,(H,30,34)/b11-9+,20-14-/t18-,19-,21-,23+,28-/m1/s1. The van der Waals surface area contributed by atoms with Gasteiger partial charge in [0.15, 0.2) is 0 Å². The predicted molar refractivity (Wildman–Crippen MR) is 144 cm³/mol. The molecule has 3 fully saturated rings. The number of nitrogens with one attached hydrogen (secondary N) is 1. The lowest BCUT2D eigenvalue weighted by Gasteiger charge is -2.37. The van der Waals surface area contributed by atoms with E-state index in [1.165, 1.54) is 13.2 Å². The first-order valence-corrected chi connectivity index (χ1v) is 15.1. The van der Waals surface area contributed by atoms with Crippen molar-refractivity contribution in [2.75, 3.05) is 12.9 Å². The number of sulfonamides is 1.